The summed E-state index contributed by atoms with van der Waals surface area (Å²) in [6.07, 6.45) is 1.81. The van der Waals surface area contributed by atoms with Crippen molar-refractivity contribution in [3.05, 3.63) is 42.1 Å². The second-order valence-corrected chi connectivity index (χ2v) is 8.21. The molecule has 0 amide bonds. The van der Waals surface area contributed by atoms with E-state index in [9.17, 15) is 0 Å². The first-order valence-electron chi connectivity index (χ1n) is 10.3. The van der Waals surface area contributed by atoms with Gasteiger partial charge in [0.1, 0.15) is 18.1 Å². The summed E-state index contributed by atoms with van der Waals surface area (Å²) in [5.41, 5.74) is 1.15. The smallest absolute Gasteiger partial charge is 0.216 e. The number of aromatic nitrogens is 1. The van der Waals surface area contributed by atoms with Crippen molar-refractivity contribution < 1.29 is 9.15 Å². The first kappa shape index (κ1) is 24.3. The largest absolute Gasteiger partial charge is 0.497 e. The Labute approximate surface area is 196 Å². The van der Waals surface area contributed by atoms with Crippen LogP contribution >= 0.6 is 24.0 Å². The summed E-state index contributed by atoms with van der Waals surface area (Å²) in [6, 6.07) is 8.23. The number of oxazole rings is 1. The fourth-order valence-corrected chi connectivity index (χ4v) is 3.28. The number of guanidine groups is 1. The summed E-state index contributed by atoms with van der Waals surface area (Å²) in [5.74, 6) is 3.34. The molecule has 0 spiro atoms. The minimum atomic E-state index is -0.0457. The van der Waals surface area contributed by atoms with Crippen LogP contribution in [0.4, 0.5) is 5.69 Å². The number of methoxy groups -OCH3 is 1. The van der Waals surface area contributed by atoms with Gasteiger partial charge in [0, 0.05) is 49.9 Å². The van der Waals surface area contributed by atoms with Gasteiger partial charge in [-0.3, -0.25) is 0 Å². The number of hydrogen-bond acceptors (Lipinski definition) is 5. The van der Waals surface area contributed by atoms with Gasteiger partial charge in [0.15, 0.2) is 5.96 Å². The van der Waals surface area contributed by atoms with Crippen LogP contribution in [0.15, 0.2) is 39.9 Å². The number of halogens is 1. The lowest BCUT2D eigenvalue weighted by atomic mass is 9.94. The van der Waals surface area contributed by atoms with Crippen LogP contribution in [0, 0.1) is 0 Å². The Morgan fingerprint density at radius 3 is 2.57 bits per heavy atom. The zero-order valence-electron chi connectivity index (χ0n) is 18.6. The van der Waals surface area contributed by atoms with Gasteiger partial charge in [0.25, 0.3) is 0 Å². The molecule has 0 atom stereocenters. The van der Waals surface area contributed by atoms with Gasteiger partial charge in [-0.1, -0.05) is 26.8 Å². The standard InChI is InChI=1S/C22H33N5O2.HI/c1-6-23-21(25-16-20-24-15-19(29-20)22(2,3)4)27-12-10-26(11-13-27)17-8-7-9-18(14-17)28-5;/h7-9,14-15H,6,10-13,16H2,1-5H3,(H,23,25);1H. The van der Waals surface area contributed by atoms with E-state index in [1.165, 1.54) is 5.69 Å². The van der Waals surface area contributed by atoms with Crippen LogP contribution in [0.1, 0.15) is 39.3 Å². The van der Waals surface area contributed by atoms with Crippen LogP contribution in [0.3, 0.4) is 0 Å². The van der Waals surface area contributed by atoms with Crippen molar-refractivity contribution in [1.29, 1.82) is 0 Å². The molecule has 0 radical (unpaired) electrons. The molecule has 1 saturated heterocycles. The second-order valence-electron chi connectivity index (χ2n) is 8.21. The average Bonchev–Trinajstić information content (AvgIpc) is 3.21. The predicted octanol–water partition coefficient (Wildman–Crippen LogP) is 3.89. The van der Waals surface area contributed by atoms with E-state index in [-0.39, 0.29) is 29.4 Å². The van der Waals surface area contributed by atoms with Crippen LogP contribution in [0.25, 0.3) is 0 Å². The first-order chi connectivity index (χ1) is 13.9. The summed E-state index contributed by atoms with van der Waals surface area (Å²) in [4.78, 5) is 13.8. The second kappa shape index (κ2) is 10.9. The van der Waals surface area contributed by atoms with Gasteiger partial charge in [0.05, 0.1) is 13.3 Å². The number of piperazine rings is 1. The molecular weight excluding hydrogens is 493 g/mol. The highest BCUT2D eigenvalue weighted by atomic mass is 127. The van der Waals surface area contributed by atoms with E-state index in [1.54, 1.807) is 7.11 Å². The molecule has 1 aliphatic rings. The SMILES string of the molecule is CCNC(=NCc1ncc(C(C)(C)C)o1)N1CCN(c2cccc(OC)c2)CC1.I. The maximum Gasteiger partial charge on any atom is 0.216 e. The van der Waals surface area contributed by atoms with Crippen molar-refractivity contribution >= 4 is 35.6 Å². The molecule has 1 aromatic heterocycles. The lowest BCUT2D eigenvalue weighted by Gasteiger charge is -2.37. The zero-order valence-corrected chi connectivity index (χ0v) is 21.0. The molecule has 1 aromatic carbocycles. The van der Waals surface area contributed by atoms with E-state index in [2.05, 4.69) is 59.9 Å². The summed E-state index contributed by atoms with van der Waals surface area (Å²) in [5, 5.41) is 3.40. The van der Waals surface area contributed by atoms with Gasteiger partial charge < -0.3 is 24.3 Å². The number of aliphatic imine (C=N–C) groups is 1. The lowest BCUT2D eigenvalue weighted by Crippen LogP contribution is -2.52. The highest BCUT2D eigenvalue weighted by Gasteiger charge is 2.21. The third-order valence-corrected chi connectivity index (χ3v) is 4.99. The first-order valence-corrected chi connectivity index (χ1v) is 10.3. The highest BCUT2D eigenvalue weighted by molar-refractivity contribution is 14.0. The monoisotopic (exact) mass is 527 g/mol. The molecule has 0 bridgehead atoms. The topological polar surface area (TPSA) is 66.1 Å². The minimum Gasteiger partial charge on any atom is -0.497 e. The molecule has 7 nitrogen and oxygen atoms in total. The van der Waals surface area contributed by atoms with Crippen LogP contribution in [-0.4, -0.2) is 55.7 Å². The molecule has 8 heteroatoms. The van der Waals surface area contributed by atoms with E-state index >= 15 is 0 Å². The molecule has 1 N–H and O–H groups in total. The molecule has 1 fully saturated rings. The molecule has 3 rings (SSSR count). The van der Waals surface area contributed by atoms with Crippen molar-refractivity contribution in [2.45, 2.75) is 39.7 Å². The Balaban J connectivity index is 0.00000320. The Hall–Kier alpha value is -1.97. The normalized spacial score (nSPS) is 15.0. The fourth-order valence-electron chi connectivity index (χ4n) is 3.28. The number of benzene rings is 1. The molecule has 30 heavy (non-hydrogen) atoms. The molecule has 0 aliphatic carbocycles. The van der Waals surface area contributed by atoms with Gasteiger partial charge in [-0.05, 0) is 19.1 Å². The zero-order chi connectivity index (χ0) is 20.9. The van der Waals surface area contributed by atoms with Gasteiger partial charge in [-0.25, -0.2) is 9.98 Å². The Bertz CT molecular complexity index is 823. The fraction of sp³-hybridized carbons (Fsp3) is 0.545. The minimum absolute atomic E-state index is 0. The highest BCUT2D eigenvalue weighted by Crippen LogP contribution is 2.23. The number of anilines is 1. The summed E-state index contributed by atoms with van der Waals surface area (Å²) in [6.45, 7) is 13.4. The third kappa shape index (κ3) is 6.26. The molecule has 0 saturated carbocycles. The van der Waals surface area contributed by atoms with Crippen LogP contribution in [0.5, 0.6) is 5.75 Å². The summed E-state index contributed by atoms with van der Waals surface area (Å²) in [7, 11) is 1.70. The maximum absolute atomic E-state index is 5.88. The number of nitrogens with zero attached hydrogens (tertiary/aromatic N) is 4. The predicted molar refractivity (Wildman–Crippen MR) is 132 cm³/mol. The third-order valence-electron chi connectivity index (χ3n) is 4.99. The lowest BCUT2D eigenvalue weighted by molar-refractivity contribution is 0.366. The molecular formula is C22H34IN5O2. The van der Waals surface area contributed by atoms with E-state index in [0.717, 1.165) is 50.2 Å². The van der Waals surface area contributed by atoms with E-state index in [0.29, 0.717) is 12.4 Å². The Kier molecular flexibility index (Phi) is 8.81. The van der Waals surface area contributed by atoms with Gasteiger partial charge in [-0.2, -0.15) is 0 Å². The van der Waals surface area contributed by atoms with Gasteiger partial charge in [0.2, 0.25) is 5.89 Å². The van der Waals surface area contributed by atoms with Gasteiger partial charge in [-0.15, -0.1) is 24.0 Å². The van der Waals surface area contributed by atoms with Crippen molar-refractivity contribution in [2.24, 2.45) is 4.99 Å². The van der Waals surface area contributed by atoms with Crippen molar-refractivity contribution in [1.82, 2.24) is 15.2 Å². The maximum atomic E-state index is 5.88. The quantitative estimate of drug-likeness (QED) is 0.362. The molecule has 2 heterocycles. The van der Waals surface area contributed by atoms with Gasteiger partial charge >= 0.3 is 0 Å². The Morgan fingerprint density at radius 2 is 1.97 bits per heavy atom. The van der Waals surface area contributed by atoms with Crippen LogP contribution in [0.2, 0.25) is 0 Å². The number of ether oxygens (including phenoxy) is 1. The van der Waals surface area contributed by atoms with E-state index in [4.69, 9.17) is 14.1 Å². The van der Waals surface area contributed by atoms with Crippen LogP contribution < -0.4 is 15.0 Å². The van der Waals surface area contributed by atoms with E-state index in [1.807, 2.05) is 18.3 Å². The van der Waals surface area contributed by atoms with Crippen molar-refractivity contribution in [3.63, 3.8) is 0 Å². The van der Waals surface area contributed by atoms with Crippen molar-refractivity contribution in [3.8, 4) is 5.75 Å². The van der Waals surface area contributed by atoms with Crippen molar-refractivity contribution in [2.75, 3.05) is 44.7 Å². The number of nitrogens with one attached hydrogen (secondary N) is 1. The Morgan fingerprint density at radius 1 is 1.23 bits per heavy atom. The molecule has 2 aromatic rings. The molecule has 1 aliphatic heterocycles. The van der Waals surface area contributed by atoms with E-state index < -0.39 is 0 Å². The number of hydrogen-bond donors (Lipinski definition) is 1. The summed E-state index contributed by atoms with van der Waals surface area (Å²) >= 11 is 0. The summed E-state index contributed by atoms with van der Waals surface area (Å²) < 4.78 is 11.2. The molecule has 0 unspecified atom stereocenters. The number of rotatable bonds is 5. The average molecular weight is 527 g/mol. The van der Waals surface area contributed by atoms with Crippen LogP contribution in [-0.2, 0) is 12.0 Å². The molecule has 166 valence electrons.